The van der Waals surface area contributed by atoms with Gasteiger partial charge in [-0.1, -0.05) is 46.6 Å². The van der Waals surface area contributed by atoms with Crippen molar-refractivity contribution in [2.45, 2.75) is 32.2 Å². The summed E-state index contributed by atoms with van der Waals surface area (Å²) < 4.78 is 1.99. The van der Waals surface area contributed by atoms with E-state index in [4.69, 9.17) is 11.6 Å². The van der Waals surface area contributed by atoms with E-state index in [2.05, 4.69) is 39.0 Å². The first-order valence-corrected chi connectivity index (χ1v) is 7.92. The van der Waals surface area contributed by atoms with Gasteiger partial charge in [-0.3, -0.25) is 4.68 Å². The zero-order valence-corrected chi connectivity index (χ0v) is 13.2. The second-order valence-electron chi connectivity index (χ2n) is 4.51. The van der Waals surface area contributed by atoms with Crippen LogP contribution in [-0.4, -0.2) is 20.1 Å². The predicted molar refractivity (Wildman–Crippen MR) is 82.0 cm³/mol. The SMILES string of the molecule is CCCn1ncnc1CC(CBr)c1cccc(Cl)c1. The predicted octanol–water partition coefficient (Wildman–Crippen LogP) is 4.06. The molecule has 0 aliphatic carbocycles. The van der Waals surface area contributed by atoms with Gasteiger partial charge in [-0.25, -0.2) is 4.98 Å². The zero-order valence-electron chi connectivity index (χ0n) is 10.9. The molecule has 1 unspecified atom stereocenters. The second-order valence-corrected chi connectivity index (χ2v) is 5.59. The van der Waals surface area contributed by atoms with E-state index in [1.54, 1.807) is 6.33 Å². The van der Waals surface area contributed by atoms with Gasteiger partial charge in [-0.15, -0.1) is 0 Å². The highest BCUT2D eigenvalue weighted by Crippen LogP contribution is 2.24. The van der Waals surface area contributed by atoms with Crippen molar-refractivity contribution in [3.8, 4) is 0 Å². The molecule has 1 aromatic heterocycles. The molecule has 3 nitrogen and oxygen atoms in total. The van der Waals surface area contributed by atoms with Crippen LogP contribution in [0.1, 0.15) is 30.7 Å². The topological polar surface area (TPSA) is 30.7 Å². The third kappa shape index (κ3) is 3.80. The Morgan fingerprint density at radius 2 is 2.26 bits per heavy atom. The summed E-state index contributed by atoms with van der Waals surface area (Å²) >= 11 is 9.65. The van der Waals surface area contributed by atoms with E-state index in [1.807, 2.05) is 22.9 Å². The van der Waals surface area contributed by atoms with Gasteiger partial charge in [0.05, 0.1) is 0 Å². The summed E-state index contributed by atoms with van der Waals surface area (Å²) in [5.41, 5.74) is 1.23. The van der Waals surface area contributed by atoms with Gasteiger partial charge < -0.3 is 0 Å². The smallest absolute Gasteiger partial charge is 0.138 e. The summed E-state index contributed by atoms with van der Waals surface area (Å²) in [5.74, 6) is 1.39. The van der Waals surface area contributed by atoms with Crippen LogP contribution >= 0.6 is 27.5 Å². The van der Waals surface area contributed by atoms with Crippen LogP contribution in [0.4, 0.5) is 0 Å². The van der Waals surface area contributed by atoms with Gasteiger partial charge in [0.15, 0.2) is 0 Å². The lowest BCUT2D eigenvalue weighted by atomic mass is 9.97. The molecule has 0 spiro atoms. The van der Waals surface area contributed by atoms with Gasteiger partial charge in [0, 0.05) is 29.2 Å². The van der Waals surface area contributed by atoms with Gasteiger partial charge in [0.25, 0.3) is 0 Å². The standard InChI is InChI=1S/C14H17BrClN3/c1-2-6-19-14(17-10-18-19)8-12(9-15)11-4-3-5-13(16)7-11/h3-5,7,10,12H,2,6,8-9H2,1H3. The van der Waals surface area contributed by atoms with Crippen LogP contribution < -0.4 is 0 Å². The Balaban J connectivity index is 2.17. The monoisotopic (exact) mass is 341 g/mol. The van der Waals surface area contributed by atoms with Crippen molar-refractivity contribution in [3.05, 3.63) is 47.0 Å². The molecule has 0 fully saturated rings. The molecule has 1 atom stereocenters. The van der Waals surface area contributed by atoms with E-state index in [9.17, 15) is 0 Å². The number of halogens is 2. The molecule has 2 rings (SSSR count). The van der Waals surface area contributed by atoms with Crippen molar-refractivity contribution < 1.29 is 0 Å². The molecule has 0 aliphatic rings. The number of hydrogen-bond donors (Lipinski definition) is 0. The Hall–Kier alpha value is -0.870. The molecule has 0 N–H and O–H groups in total. The minimum atomic E-state index is 0.360. The minimum absolute atomic E-state index is 0.360. The van der Waals surface area contributed by atoms with E-state index < -0.39 is 0 Å². The van der Waals surface area contributed by atoms with Gasteiger partial charge in [0.1, 0.15) is 12.2 Å². The van der Waals surface area contributed by atoms with Gasteiger partial charge in [-0.05, 0) is 24.1 Å². The van der Waals surface area contributed by atoms with E-state index in [-0.39, 0.29) is 0 Å². The number of aromatic nitrogens is 3. The molecule has 2 aromatic rings. The molecule has 0 aliphatic heterocycles. The summed E-state index contributed by atoms with van der Waals surface area (Å²) in [4.78, 5) is 4.37. The van der Waals surface area contributed by atoms with Crippen LogP contribution in [0.2, 0.25) is 5.02 Å². The molecule has 0 saturated heterocycles. The van der Waals surface area contributed by atoms with E-state index in [1.165, 1.54) is 5.56 Å². The van der Waals surface area contributed by atoms with Crippen LogP contribution in [0.5, 0.6) is 0 Å². The van der Waals surface area contributed by atoms with Gasteiger partial charge in [0.2, 0.25) is 0 Å². The summed E-state index contributed by atoms with van der Waals surface area (Å²) in [7, 11) is 0. The molecule has 1 heterocycles. The Kier molecular flexibility index (Phi) is 5.40. The number of rotatable bonds is 6. The van der Waals surface area contributed by atoms with Crippen LogP contribution in [0.25, 0.3) is 0 Å². The van der Waals surface area contributed by atoms with Gasteiger partial charge >= 0.3 is 0 Å². The summed E-state index contributed by atoms with van der Waals surface area (Å²) in [5, 5.41) is 5.93. The lowest BCUT2D eigenvalue weighted by molar-refractivity contribution is 0.554. The fraction of sp³-hybridized carbons (Fsp3) is 0.429. The van der Waals surface area contributed by atoms with Crippen molar-refractivity contribution in [1.82, 2.24) is 14.8 Å². The highest BCUT2D eigenvalue weighted by Gasteiger charge is 2.15. The van der Waals surface area contributed by atoms with Crippen LogP contribution in [0.3, 0.4) is 0 Å². The van der Waals surface area contributed by atoms with Gasteiger partial charge in [-0.2, -0.15) is 5.10 Å². The molecule has 19 heavy (non-hydrogen) atoms. The minimum Gasteiger partial charge on any atom is -0.250 e. The first kappa shape index (κ1) is 14.5. The molecule has 0 saturated carbocycles. The Morgan fingerprint density at radius 1 is 1.42 bits per heavy atom. The fourth-order valence-corrected chi connectivity index (χ4v) is 2.89. The average molecular weight is 343 g/mol. The van der Waals surface area contributed by atoms with Crippen molar-refractivity contribution in [2.75, 3.05) is 5.33 Å². The Bertz CT molecular complexity index is 527. The maximum absolute atomic E-state index is 6.06. The first-order chi connectivity index (χ1) is 9.24. The lowest BCUT2D eigenvalue weighted by Crippen LogP contribution is -2.11. The number of aryl methyl sites for hydroxylation is 1. The normalized spacial score (nSPS) is 12.6. The van der Waals surface area contributed by atoms with E-state index >= 15 is 0 Å². The van der Waals surface area contributed by atoms with Crippen LogP contribution in [0, 0.1) is 0 Å². The molecule has 102 valence electrons. The molecule has 0 amide bonds. The Labute approximate surface area is 127 Å². The number of hydrogen-bond acceptors (Lipinski definition) is 2. The zero-order chi connectivity index (χ0) is 13.7. The Morgan fingerprint density at radius 3 is 2.95 bits per heavy atom. The number of alkyl halides is 1. The molecule has 0 radical (unpaired) electrons. The molecule has 1 aromatic carbocycles. The largest absolute Gasteiger partial charge is 0.250 e. The van der Waals surface area contributed by atoms with E-state index in [0.29, 0.717) is 5.92 Å². The highest BCUT2D eigenvalue weighted by atomic mass is 79.9. The summed E-state index contributed by atoms with van der Waals surface area (Å²) in [6.45, 7) is 3.06. The highest BCUT2D eigenvalue weighted by molar-refractivity contribution is 9.09. The average Bonchev–Trinajstić information content (AvgIpc) is 2.84. The molecular weight excluding hydrogens is 326 g/mol. The third-order valence-electron chi connectivity index (χ3n) is 3.07. The quantitative estimate of drug-likeness (QED) is 0.741. The van der Waals surface area contributed by atoms with E-state index in [0.717, 1.165) is 35.6 Å². The van der Waals surface area contributed by atoms with Crippen LogP contribution in [0.15, 0.2) is 30.6 Å². The summed E-state index contributed by atoms with van der Waals surface area (Å²) in [6.07, 6.45) is 3.56. The fourth-order valence-electron chi connectivity index (χ4n) is 2.09. The van der Waals surface area contributed by atoms with Crippen molar-refractivity contribution in [1.29, 1.82) is 0 Å². The molecule has 0 bridgehead atoms. The van der Waals surface area contributed by atoms with Crippen molar-refractivity contribution >= 4 is 27.5 Å². The summed E-state index contributed by atoms with van der Waals surface area (Å²) in [6, 6.07) is 8.02. The van der Waals surface area contributed by atoms with Crippen LogP contribution in [-0.2, 0) is 13.0 Å². The lowest BCUT2D eigenvalue weighted by Gasteiger charge is -2.15. The maximum Gasteiger partial charge on any atom is 0.138 e. The number of benzene rings is 1. The maximum atomic E-state index is 6.06. The van der Waals surface area contributed by atoms with Crippen molar-refractivity contribution in [2.24, 2.45) is 0 Å². The third-order valence-corrected chi connectivity index (χ3v) is 4.08. The molecular formula is C14H17BrClN3. The van der Waals surface area contributed by atoms with Crippen molar-refractivity contribution in [3.63, 3.8) is 0 Å². The molecule has 5 heteroatoms. The second kappa shape index (κ2) is 7.06. The number of nitrogens with zero attached hydrogens (tertiary/aromatic N) is 3. The first-order valence-electron chi connectivity index (χ1n) is 6.42.